The van der Waals surface area contributed by atoms with Crippen molar-refractivity contribution >= 4 is 11.6 Å². The van der Waals surface area contributed by atoms with Gasteiger partial charge in [-0.05, 0) is 50.1 Å². The minimum Gasteiger partial charge on any atom is -0.330 e. The molecule has 3 nitrogen and oxygen atoms in total. The van der Waals surface area contributed by atoms with Crippen molar-refractivity contribution in [2.45, 2.75) is 27.2 Å². The summed E-state index contributed by atoms with van der Waals surface area (Å²) < 4.78 is 0. The Bertz CT molecular complexity index is 374. The standard InChI is InChI=1S/C13H20N2O/c1-9-4-5-12(8-11(9)3)15-13(16)10(2)6-7-14/h4-5,8,10H,6-7,14H2,1-3H3,(H,15,16). The SMILES string of the molecule is Cc1ccc(NC(=O)C(C)CCN)cc1C. The molecule has 0 saturated carbocycles. The van der Waals surface area contributed by atoms with E-state index in [1.165, 1.54) is 11.1 Å². The summed E-state index contributed by atoms with van der Waals surface area (Å²) in [4.78, 5) is 11.7. The second-order valence-corrected chi connectivity index (χ2v) is 4.27. The summed E-state index contributed by atoms with van der Waals surface area (Å²) in [6.07, 6.45) is 0.719. The summed E-state index contributed by atoms with van der Waals surface area (Å²) in [6.45, 7) is 6.52. The van der Waals surface area contributed by atoms with E-state index < -0.39 is 0 Å². The molecule has 0 saturated heterocycles. The Hall–Kier alpha value is -1.35. The van der Waals surface area contributed by atoms with E-state index in [2.05, 4.69) is 12.2 Å². The molecule has 3 heteroatoms. The zero-order valence-electron chi connectivity index (χ0n) is 10.2. The summed E-state index contributed by atoms with van der Waals surface area (Å²) >= 11 is 0. The molecule has 0 aromatic heterocycles. The quantitative estimate of drug-likeness (QED) is 0.817. The highest BCUT2D eigenvalue weighted by molar-refractivity contribution is 5.92. The number of rotatable bonds is 4. The van der Waals surface area contributed by atoms with Crippen LogP contribution in [0.3, 0.4) is 0 Å². The maximum absolute atomic E-state index is 11.7. The van der Waals surface area contributed by atoms with Crippen LogP contribution in [0.25, 0.3) is 0 Å². The van der Waals surface area contributed by atoms with E-state index in [9.17, 15) is 4.79 Å². The third-order valence-electron chi connectivity index (χ3n) is 2.82. The van der Waals surface area contributed by atoms with Gasteiger partial charge in [0, 0.05) is 11.6 Å². The van der Waals surface area contributed by atoms with Crippen LogP contribution in [-0.2, 0) is 4.79 Å². The molecule has 0 aliphatic rings. The van der Waals surface area contributed by atoms with Gasteiger partial charge in [0.05, 0.1) is 0 Å². The number of nitrogens with one attached hydrogen (secondary N) is 1. The molecular formula is C13H20N2O. The molecule has 3 N–H and O–H groups in total. The zero-order chi connectivity index (χ0) is 12.1. The van der Waals surface area contributed by atoms with Gasteiger partial charge in [-0.15, -0.1) is 0 Å². The van der Waals surface area contributed by atoms with Gasteiger partial charge in [0.25, 0.3) is 0 Å². The van der Waals surface area contributed by atoms with Gasteiger partial charge >= 0.3 is 0 Å². The van der Waals surface area contributed by atoms with Crippen molar-refractivity contribution < 1.29 is 4.79 Å². The first kappa shape index (κ1) is 12.7. The summed E-state index contributed by atoms with van der Waals surface area (Å²) in [7, 11) is 0. The predicted molar refractivity (Wildman–Crippen MR) is 67.4 cm³/mol. The van der Waals surface area contributed by atoms with Gasteiger partial charge in [-0.2, -0.15) is 0 Å². The van der Waals surface area contributed by atoms with Crippen molar-refractivity contribution in [2.75, 3.05) is 11.9 Å². The third-order valence-corrected chi connectivity index (χ3v) is 2.82. The Kier molecular flexibility index (Phi) is 4.50. The topological polar surface area (TPSA) is 55.1 Å². The van der Waals surface area contributed by atoms with Crippen LogP contribution in [0.1, 0.15) is 24.5 Å². The fourth-order valence-electron chi connectivity index (χ4n) is 1.47. The first-order chi connectivity index (χ1) is 7.54. The molecule has 0 fully saturated rings. The Balaban J connectivity index is 2.66. The summed E-state index contributed by atoms with van der Waals surface area (Å²) in [5.74, 6) is 0.000289. The van der Waals surface area contributed by atoms with Crippen molar-refractivity contribution in [3.63, 3.8) is 0 Å². The van der Waals surface area contributed by atoms with Crippen molar-refractivity contribution in [1.82, 2.24) is 0 Å². The minimum atomic E-state index is -0.0355. The van der Waals surface area contributed by atoms with Crippen LogP contribution in [0.4, 0.5) is 5.69 Å². The molecule has 1 unspecified atom stereocenters. The maximum atomic E-state index is 11.7. The average molecular weight is 220 g/mol. The Morgan fingerprint density at radius 3 is 2.62 bits per heavy atom. The lowest BCUT2D eigenvalue weighted by Gasteiger charge is -2.12. The fraction of sp³-hybridized carbons (Fsp3) is 0.462. The molecule has 1 aromatic rings. The second-order valence-electron chi connectivity index (χ2n) is 4.27. The number of carbonyl (C=O) groups is 1. The van der Waals surface area contributed by atoms with Crippen molar-refractivity contribution in [2.24, 2.45) is 11.7 Å². The predicted octanol–water partition coefficient (Wildman–Crippen LogP) is 2.23. The average Bonchev–Trinajstić information content (AvgIpc) is 2.24. The molecule has 88 valence electrons. The Morgan fingerprint density at radius 1 is 1.38 bits per heavy atom. The van der Waals surface area contributed by atoms with Gasteiger partial charge in [-0.25, -0.2) is 0 Å². The molecule has 16 heavy (non-hydrogen) atoms. The molecule has 0 bridgehead atoms. The van der Waals surface area contributed by atoms with Crippen LogP contribution in [0.15, 0.2) is 18.2 Å². The van der Waals surface area contributed by atoms with Gasteiger partial charge in [-0.3, -0.25) is 4.79 Å². The van der Waals surface area contributed by atoms with Crippen LogP contribution in [-0.4, -0.2) is 12.5 Å². The van der Waals surface area contributed by atoms with Crippen LogP contribution in [0.2, 0.25) is 0 Å². The molecule has 1 atom stereocenters. The smallest absolute Gasteiger partial charge is 0.227 e. The van der Waals surface area contributed by atoms with Gasteiger partial charge < -0.3 is 11.1 Å². The van der Waals surface area contributed by atoms with Crippen molar-refractivity contribution in [1.29, 1.82) is 0 Å². The number of anilines is 1. The number of amides is 1. The van der Waals surface area contributed by atoms with Gasteiger partial charge in [-0.1, -0.05) is 13.0 Å². The van der Waals surface area contributed by atoms with Crippen LogP contribution in [0, 0.1) is 19.8 Å². The third kappa shape index (κ3) is 3.35. The largest absolute Gasteiger partial charge is 0.330 e. The molecule has 0 spiro atoms. The Labute approximate surface area is 97.0 Å². The molecule has 0 aliphatic heterocycles. The number of hydrogen-bond acceptors (Lipinski definition) is 2. The first-order valence-electron chi connectivity index (χ1n) is 5.62. The lowest BCUT2D eigenvalue weighted by atomic mass is 10.1. The van der Waals surface area contributed by atoms with E-state index >= 15 is 0 Å². The lowest BCUT2D eigenvalue weighted by molar-refractivity contribution is -0.119. The normalized spacial score (nSPS) is 12.2. The summed E-state index contributed by atoms with van der Waals surface area (Å²) in [5.41, 5.74) is 8.70. The maximum Gasteiger partial charge on any atom is 0.227 e. The number of carbonyl (C=O) groups excluding carboxylic acids is 1. The fourth-order valence-corrected chi connectivity index (χ4v) is 1.47. The highest BCUT2D eigenvalue weighted by Gasteiger charge is 2.11. The van der Waals surface area contributed by atoms with Crippen molar-refractivity contribution in [3.8, 4) is 0 Å². The molecular weight excluding hydrogens is 200 g/mol. The number of benzene rings is 1. The van der Waals surface area contributed by atoms with E-state index in [4.69, 9.17) is 5.73 Å². The second kappa shape index (κ2) is 5.66. The van der Waals surface area contributed by atoms with Crippen molar-refractivity contribution in [3.05, 3.63) is 29.3 Å². The van der Waals surface area contributed by atoms with Gasteiger partial charge in [0.1, 0.15) is 0 Å². The number of hydrogen-bond donors (Lipinski definition) is 2. The van der Waals surface area contributed by atoms with Gasteiger partial charge in [0.15, 0.2) is 0 Å². The van der Waals surface area contributed by atoms with Crippen LogP contribution in [0.5, 0.6) is 0 Å². The lowest BCUT2D eigenvalue weighted by Crippen LogP contribution is -2.22. The minimum absolute atomic E-state index is 0.0355. The molecule has 1 aromatic carbocycles. The van der Waals surface area contributed by atoms with Gasteiger partial charge in [0.2, 0.25) is 5.91 Å². The highest BCUT2D eigenvalue weighted by Crippen LogP contribution is 2.15. The molecule has 1 amide bonds. The Morgan fingerprint density at radius 2 is 2.06 bits per heavy atom. The van der Waals surface area contributed by atoms with E-state index in [0.29, 0.717) is 6.54 Å². The number of nitrogens with two attached hydrogens (primary N) is 1. The molecule has 0 heterocycles. The van der Waals surface area contributed by atoms with E-state index in [-0.39, 0.29) is 11.8 Å². The first-order valence-corrected chi connectivity index (χ1v) is 5.62. The monoisotopic (exact) mass is 220 g/mol. The highest BCUT2D eigenvalue weighted by atomic mass is 16.1. The zero-order valence-corrected chi connectivity index (χ0v) is 10.2. The molecule has 0 radical (unpaired) electrons. The molecule has 0 aliphatic carbocycles. The van der Waals surface area contributed by atoms with Crippen LogP contribution >= 0.6 is 0 Å². The number of aryl methyl sites for hydroxylation is 2. The van der Waals surface area contributed by atoms with E-state index in [0.717, 1.165) is 12.1 Å². The molecule has 1 rings (SSSR count). The summed E-state index contributed by atoms with van der Waals surface area (Å²) in [6, 6.07) is 5.93. The van der Waals surface area contributed by atoms with Crippen LogP contribution < -0.4 is 11.1 Å². The van der Waals surface area contributed by atoms with E-state index in [1.807, 2.05) is 32.0 Å². The van der Waals surface area contributed by atoms with E-state index in [1.54, 1.807) is 0 Å². The summed E-state index contributed by atoms with van der Waals surface area (Å²) in [5, 5.41) is 2.90.